The summed E-state index contributed by atoms with van der Waals surface area (Å²) in [4.78, 5) is 4.75. The van der Waals surface area contributed by atoms with E-state index in [0.717, 1.165) is 0 Å². The lowest BCUT2D eigenvalue weighted by Crippen LogP contribution is -2.54. The van der Waals surface area contributed by atoms with Crippen LogP contribution >= 0.6 is 0 Å². The monoisotopic (exact) mass is 179 g/mol. The Bertz CT molecular complexity index is 185. The first-order valence-corrected chi connectivity index (χ1v) is 3.71. The molecule has 0 bridgehead atoms. The fourth-order valence-corrected chi connectivity index (χ4v) is 1.43. The first kappa shape index (κ1) is 8.36. The molecule has 2 rings (SSSR count). The third kappa shape index (κ3) is 0.972. The molecule has 6 heteroatoms. The molecule has 0 aromatic heterocycles. The second kappa shape index (κ2) is 2.63. The van der Waals surface area contributed by atoms with Crippen LogP contribution in [0.4, 0.5) is 0 Å². The molecular formula is C6H11O6+. The molecular weight excluding hydrogens is 168 g/mol. The molecule has 0 saturated carbocycles. The van der Waals surface area contributed by atoms with Gasteiger partial charge < -0.3 is 20.4 Å². The number of aliphatic hydroxyl groups excluding tert-OH is 4. The van der Waals surface area contributed by atoms with Gasteiger partial charge in [0.05, 0.1) is 0 Å². The van der Waals surface area contributed by atoms with Crippen molar-refractivity contribution in [3.8, 4) is 0 Å². The van der Waals surface area contributed by atoms with Crippen molar-refractivity contribution in [1.82, 2.24) is 0 Å². The van der Waals surface area contributed by atoms with Crippen LogP contribution in [0.1, 0.15) is 0 Å². The Morgan fingerprint density at radius 2 is 1.75 bits per heavy atom. The van der Waals surface area contributed by atoms with Crippen LogP contribution < -0.4 is 0 Å². The second-order valence-corrected chi connectivity index (χ2v) is 2.99. The van der Waals surface area contributed by atoms with E-state index in [9.17, 15) is 15.3 Å². The van der Waals surface area contributed by atoms with Crippen molar-refractivity contribution in [2.75, 3.05) is 6.61 Å². The molecule has 4 N–H and O–H groups in total. The van der Waals surface area contributed by atoms with Crippen molar-refractivity contribution < 1.29 is 29.8 Å². The zero-order valence-corrected chi connectivity index (χ0v) is 6.20. The van der Waals surface area contributed by atoms with Gasteiger partial charge in [-0.2, -0.15) is 4.52 Å². The summed E-state index contributed by atoms with van der Waals surface area (Å²) in [6.45, 7) is -0.341. The number of fused-ring (bicyclic) bond motifs is 1. The largest absolute Gasteiger partial charge is 0.399 e. The van der Waals surface area contributed by atoms with Crippen LogP contribution in [0.3, 0.4) is 0 Å². The van der Waals surface area contributed by atoms with Gasteiger partial charge in [-0.1, -0.05) is 0 Å². The van der Waals surface area contributed by atoms with E-state index in [1.165, 1.54) is 0 Å². The number of hydrogen-bond donors (Lipinski definition) is 4. The third-order valence-corrected chi connectivity index (χ3v) is 2.23. The summed E-state index contributed by atoms with van der Waals surface area (Å²) in [5.74, 6) is 0. The Morgan fingerprint density at radius 3 is 2.33 bits per heavy atom. The predicted octanol–water partition coefficient (Wildman–Crippen LogP) is -2.73. The molecule has 2 fully saturated rings. The van der Waals surface area contributed by atoms with Crippen LogP contribution in [0.25, 0.3) is 0 Å². The zero-order chi connectivity index (χ0) is 8.88. The molecule has 2 aliphatic heterocycles. The highest BCUT2D eigenvalue weighted by atomic mass is 17.5. The number of hydrogen-bond acceptors (Lipinski definition) is 5. The molecule has 0 aromatic carbocycles. The molecule has 2 saturated heterocycles. The summed E-state index contributed by atoms with van der Waals surface area (Å²) in [5.41, 5.74) is 0. The minimum Gasteiger partial charge on any atom is -0.388 e. The molecule has 0 spiro atoms. The van der Waals surface area contributed by atoms with Gasteiger partial charge in [-0.05, 0) is 4.89 Å². The summed E-state index contributed by atoms with van der Waals surface area (Å²) < 4.78 is 2.08. The van der Waals surface area contributed by atoms with Crippen LogP contribution in [0.2, 0.25) is 0 Å². The topological polar surface area (TPSA) is 96.2 Å². The second-order valence-electron chi connectivity index (χ2n) is 2.99. The lowest BCUT2D eigenvalue weighted by molar-refractivity contribution is -0.275. The fourth-order valence-electron chi connectivity index (χ4n) is 1.43. The maximum Gasteiger partial charge on any atom is 0.399 e. The van der Waals surface area contributed by atoms with E-state index >= 15 is 0 Å². The molecule has 0 amide bonds. The maximum absolute atomic E-state index is 9.29. The molecule has 70 valence electrons. The molecule has 12 heavy (non-hydrogen) atoms. The fraction of sp³-hybridized carbons (Fsp3) is 1.00. The van der Waals surface area contributed by atoms with E-state index in [-0.39, 0.29) is 6.61 Å². The highest BCUT2D eigenvalue weighted by molar-refractivity contribution is 4.93. The lowest BCUT2D eigenvalue weighted by atomic mass is 10.0. The highest BCUT2D eigenvalue weighted by Crippen LogP contribution is 2.41. The average molecular weight is 179 g/mol. The third-order valence-electron chi connectivity index (χ3n) is 2.23. The van der Waals surface area contributed by atoms with Crippen molar-refractivity contribution >= 4 is 0 Å². The van der Waals surface area contributed by atoms with E-state index in [0.29, 0.717) is 0 Å². The molecule has 2 heterocycles. The van der Waals surface area contributed by atoms with Crippen LogP contribution in [-0.2, 0) is 9.41 Å². The predicted molar refractivity (Wildman–Crippen MR) is 34.9 cm³/mol. The average Bonchev–Trinajstić information content (AvgIpc) is 2.81. The molecule has 2 aliphatic rings. The van der Waals surface area contributed by atoms with E-state index in [1.807, 2.05) is 0 Å². The summed E-state index contributed by atoms with van der Waals surface area (Å²) >= 11 is 0. The Labute approximate surface area is 68.2 Å². The molecule has 0 radical (unpaired) electrons. The Balaban J connectivity index is 2.11. The van der Waals surface area contributed by atoms with Crippen molar-refractivity contribution in [3.05, 3.63) is 0 Å². The van der Waals surface area contributed by atoms with Gasteiger partial charge in [0.15, 0.2) is 12.2 Å². The van der Waals surface area contributed by atoms with Gasteiger partial charge in [0, 0.05) is 0 Å². The van der Waals surface area contributed by atoms with Gasteiger partial charge in [-0.25, -0.2) is 0 Å². The van der Waals surface area contributed by atoms with E-state index in [2.05, 4.69) is 4.52 Å². The molecule has 0 unspecified atom stereocenters. The van der Waals surface area contributed by atoms with Crippen molar-refractivity contribution in [1.29, 1.82) is 0 Å². The normalized spacial score (nSPS) is 53.5. The summed E-state index contributed by atoms with van der Waals surface area (Å²) in [5, 5.41) is 36.5. The SMILES string of the molecule is OC[C@@H]1[C@H](O)[C@H](O)[C@@H](O)[C@H]2O[O+]12. The van der Waals surface area contributed by atoms with Gasteiger partial charge in [0.25, 0.3) is 0 Å². The van der Waals surface area contributed by atoms with E-state index in [1.54, 1.807) is 0 Å². The standard InChI is InChI=1S/C6H11O6/c7-1-2-3(8)4(9)5(10)6-11-12(2)6/h2-10H,1H2/q+1/t2-,3+,4+,5-,6+/m1/s1. The minimum atomic E-state index is -1.27. The summed E-state index contributed by atoms with van der Waals surface area (Å²) in [6, 6.07) is 0. The molecule has 6 nitrogen and oxygen atoms in total. The molecule has 0 aliphatic carbocycles. The van der Waals surface area contributed by atoms with E-state index in [4.69, 9.17) is 9.99 Å². The smallest absolute Gasteiger partial charge is 0.388 e. The van der Waals surface area contributed by atoms with Gasteiger partial charge in [-0.15, -0.1) is 0 Å². The Hall–Kier alpha value is -0.240. The van der Waals surface area contributed by atoms with Crippen LogP contribution in [0, 0.1) is 0 Å². The first-order chi connectivity index (χ1) is 5.66. The number of aliphatic hydroxyl groups is 4. The lowest BCUT2D eigenvalue weighted by Gasteiger charge is -2.25. The zero-order valence-electron chi connectivity index (χ0n) is 6.20. The van der Waals surface area contributed by atoms with Crippen molar-refractivity contribution in [2.24, 2.45) is 0 Å². The van der Waals surface area contributed by atoms with Crippen LogP contribution in [0.15, 0.2) is 0 Å². The maximum atomic E-state index is 9.29. The minimum absolute atomic E-state index is 0.341. The quantitative estimate of drug-likeness (QED) is 0.199. The van der Waals surface area contributed by atoms with Gasteiger partial charge in [0.2, 0.25) is 6.10 Å². The van der Waals surface area contributed by atoms with Crippen molar-refractivity contribution in [2.45, 2.75) is 30.7 Å². The van der Waals surface area contributed by atoms with Gasteiger partial charge in [-0.3, -0.25) is 0 Å². The Kier molecular flexibility index (Phi) is 1.83. The highest BCUT2D eigenvalue weighted by Gasteiger charge is 2.68. The molecule has 0 aromatic rings. The summed E-state index contributed by atoms with van der Waals surface area (Å²) in [6.07, 6.45) is -4.96. The van der Waals surface area contributed by atoms with Crippen LogP contribution in [-0.4, -0.2) is 57.7 Å². The van der Waals surface area contributed by atoms with Gasteiger partial charge >= 0.3 is 6.29 Å². The summed E-state index contributed by atoms with van der Waals surface area (Å²) in [7, 11) is 0. The molecule has 5 atom stereocenters. The van der Waals surface area contributed by atoms with E-state index < -0.39 is 30.7 Å². The number of rotatable bonds is 1. The van der Waals surface area contributed by atoms with Crippen molar-refractivity contribution in [3.63, 3.8) is 0 Å². The van der Waals surface area contributed by atoms with Gasteiger partial charge in [0.1, 0.15) is 12.7 Å². The Morgan fingerprint density at radius 1 is 1.08 bits per heavy atom. The first-order valence-electron chi connectivity index (χ1n) is 3.71. The van der Waals surface area contributed by atoms with Crippen LogP contribution in [0.5, 0.6) is 0 Å².